The number of amidine groups is 1. The molecule has 22 heavy (non-hydrogen) atoms. The first-order chi connectivity index (χ1) is 10.7. The van der Waals surface area contributed by atoms with E-state index in [4.69, 9.17) is 0 Å². The van der Waals surface area contributed by atoms with E-state index in [0.29, 0.717) is 0 Å². The van der Waals surface area contributed by atoms with Gasteiger partial charge in [0.1, 0.15) is 5.69 Å². The third-order valence-electron chi connectivity index (χ3n) is 3.90. The van der Waals surface area contributed by atoms with Crippen LogP contribution < -0.4 is 4.90 Å². The molecular formula is C17H18N3O2+. The molecule has 0 fully saturated rings. The SMILES string of the molecule is C[N+]1=C(c2ccccc2)N(c2ccc([N+](=O)[O-])cc2)CCC1. The highest BCUT2D eigenvalue weighted by atomic mass is 16.6. The molecule has 1 heterocycles. The van der Waals surface area contributed by atoms with Gasteiger partial charge < -0.3 is 0 Å². The van der Waals surface area contributed by atoms with Crippen LogP contribution >= 0.6 is 0 Å². The maximum atomic E-state index is 10.8. The summed E-state index contributed by atoms with van der Waals surface area (Å²) >= 11 is 0. The number of nitro benzene ring substituents is 1. The fourth-order valence-corrected chi connectivity index (χ4v) is 2.85. The zero-order valence-electron chi connectivity index (χ0n) is 12.5. The van der Waals surface area contributed by atoms with Crippen molar-refractivity contribution in [2.24, 2.45) is 0 Å². The predicted octanol–water partition coefficient (Wildman–Crippen LogP) is 2.89. The summed E-state index contributed by atoms with van der Waals surface area (Å²) in [6.07, 6.45) is 1.06. The minimum Gasteiger partial charge on any atom is -0.264 e. The highest BCUT2D eigenvalue weighted by molar-refractivity contribution is 6.07. The Morgan fingerprint density at radius 3 is 2.41 bits per heavy atom. The molecule has 0 spiro atoms. The van der Waals surface area contributed by atoms with Crippen molar-refractivity contribution >= 4 is 17.2 Å². The number of anilines is 1. The third-order valence-corrected chi connectivity index (χ3v) is 3.90. The Hall–Kier alpha value is -2.69. The largest absolute Gasteiger partial charge is 0.284 e. The van der Waals surface area contributed by atoms with Crippen LogP contribution in [-0.2, 0) is 0 Å². The second kappa shape index (κ2) is 5.97. The number of non-ortho nitro benzene ring substituents is 1. The first-order valence-corrected chi connectivity index (χ1v) is 7.32. The summed E-state index contributed by atoms with van der Waals surface area (Å²) in [6, 6.07) is 17.0. The summed E-state index contributed by atoms with van der Waals surface area (Å²) < 4.78 is 2.24. The highest BCUT2D eigenvalue weighted by Gasteiger charge is 2.29. The van der Waals surface area contributed by atoms with Crippen molar-refractivity contribution in [1.82, 2.24) is 0 Å². The minimum absolute atomic E-state index is 0.121. The van der Waals surface area contributed by atoms with Crippen molar-refractivity contribution < 1.29 is 9.50 Å². The van der Waals surface area contributed by atoms with Gasteiger partial charge in [-0.15, -0.1) is 0 Å². The first kappa shape index (κ1) is 14.3. The maximum absolute atomic E-state index is 10.8. The Morgan fingerprint density at radius 1 is 1.09 bits per heavy atom. The lowest BCUT2D eigenvalue weighted by Gasteiger charge is -2.25. The van der Waals surface area contributed by atoms with Crippen LogP contribution in [0.4, 0.5) is 11.4 Å². The van der Waals surface area contributed by atoms with Gasteiger partial charge in [0.25, 0.3) is 11.5 Å². The number of hydrogen-bond acceptors (Lipinski definition) is 3. The highest BCUT2D eigenvalue weighted by Crippen LogP contribution is 2.23. The lowest BCUT2D eigenvalue weighted by Crippen LogP contribution is -2.43. The van der Waals surface area contributed by atoms with E-state index in [1.807, 2.05) is 30.3 Å². The number of nitrogens with zero attached hydrogens (tertiary/aromatic N) is 3. The van der Waals surface area contributed by atoms with Crippen LogP contribution in [0.2, 0.25) is 0 Å². The van der Waals surface area contributed by atoms with E-state index in [-0.39, 0.29) is 10.6 Å². The van der Waals surface area contributed by atoms with Crippen LogP contribution in [0.15, 0.2) is 54.6 Å². The van der Waals surface area contributed by atoms with E-state index in [1.165, 1.54) is 0 Å². The summed E-state index contributed by atoms with van der Waals surface area (Å²) in [5.41, 5.74) is 2.26. The van der Waals surface area contributed by atoms with Crippen molar-refractivity contribution in [3.63, 3.8) is 0 Å². The van der Waals surface area contributed by atoms with Gasteiger partial charge in [0.2, 0.25) is 0 Å². The molecule has 0 N–H and O–H groups in total. The summed E-state index contributed by atoms with van der Waals surface area (Å²) in [6.45, 7) is 1.92. The van der Waals surface area contributed by atoms with Crippen LogP contribution in [0, 0.1) is 10.1 Å². The lowest BCUT2D eigenvalue weighted by atomic mass is 10.1. The molecule has 0 aliphatic carbocycles. The first-order valence-electron chi connectivity index (χ1n) is 7.32. The molecule has 1 aliphatic rings. The van der Waals surface area contributed by atoms with Gasteiger partial charge in [-0.2, -0.15) is 0 Å². The van der Waals surface area contributed by atoms with Gasteiger partial charge in [-0.3, -0.25) is 14.7 Å². The number of nitro groups is 1. The third kappa shape index (κ3) is 2.70. The van der Waals surface area contributed by atoms with E-state index in [9.17, 15) is 10.1 Å². The Kier molecular flexibility index (Phi) is 3.87. The van der Waals surface area contributed by atoms with Crippen LogP contribution in [0.3, 0.4) is 0 Å². The van der Waals surface area contributed by atoms with Crippen LogP contribution in [0.25, 0.3) is 0 Å². The molecule has 0 saturated carbocycles. The fraction of sp³-hybridized carbons (Fsp3) is 0.235. The molecule has 1 aliphatic heterocycles. The van der Waals surface area contributed by atoms with Gasteiger partial charge >= 0.3 is 0 Å². The standard InChI is InChI=1S/C17H18N3O2/c1-18-12-5-13-19(17(18)14-6-3-2-4-7-14)15-8-10-16(11-9-15)20(21)22/h2-4,6-11H,5,12-13H2,1H3/q+1. The summed E-state index contributed by atoms with van der Waals surface area (Å²) in [5, 5.41) is 10.8. The molecule has 0 radical (unpaired) electrons. The normalized spacial score (nSPS) is 15.0. The van der Waals surface area contributed by atoms with Gasteiger partial charge in [-0.05, 0) is 24.3 Å². The van der Waals surface area contributed by atoms with E-state index in [0.717, 1.165) is 36.6 Å². The molecule has 5 heteroatoms. The average Bonchev–Trinajstić information content (AvgIpc) is 2.55. The quantitative estimate of drug-likeness (QED) is 0.497. The smallest absolute Gasteiger partial charge is 0.264 e. The van der Waals surface area contributed by atoms with Gasteiger partial charge in [0.15, 0.2) is 0 Å². The molecule has 0 aromatic heterocycles. The Balaban J connectivity index is 2.01. The van der Waals surface area contributed by atoms with Crippen molar-refractivity contribution in [3.05, 3.63) is 70.3 Å². The molecule has 5 nitrogen and oxygen atoms in total. The van der Waals surface area contributed by atoms with Crippen LogP contribution in [0.1, 0.15) is 12.0 Å². The van der Waals surface area contributed by atoms with Crippen LogP contribution in [0.5, 0.6) is 0 Å². The molecule has 2 aromatic rings. The van der Waals surface area contributed by atoms with Crippen molar-refractivity contribution in [1.29, 1.82) is 0 Å². The second-order valence-corrected chi connectivity index (χ2v) is 5.39. The van der Waals surface area contributed by atoms with Gasteiger partial charge in [-0.25, -0.2) is 4.90 Å². The molecule has 3 rings (SSSR count). The van der Waals surface area contributed by atoms with E-state index >= 15 is 0 Å². The molecule has 0 amide bonds. The summed E-state index contributed by atoms with van der Waals surface area (Å²) in [5.74, 6) is 1.14. The summed E-state index contributed by atoms with van der Waals surface area (Å²) in [7, 11) is 2.08. The Labute approximate surface area is 129 Å². The second-order valence-electron chi connectivity index (χ2n) is 5.39. The van der Waals surface area contributed by atoms with Crippen molar-refractivity contribution in [2.45, 2.75) is 6.42 Å². The molecule has 112 valence electrons. The van der Waals surface area contributed by atoms with E-state index < -0.39 is 0 Å². The lowest BCUT2D eigenvalue weighted by molar-refractivity contribution is -0.501. The zero-order valence-corrected chi connectivity index (χ0v) is 12.5. The molecule has 2 aromatic carbocycles. The molecule has 0 saturated heterocycles. The van der Waals surface area contributed by atoms with Gasteiger partial charge in [-0.1, -0.05) is 18.2 Å². The van der Waals surface area contributed by atoms with Crippen molar-refractivity contribution in [2.75, 3.05) is 25.0 Å². The Morgan fingerprint density at radius 2 is 1.77 bits per heavy atom. The average molecular weight is 296 g/mol. The number of rotatable bonds is 3. The molecule has 0 unspecified atom stereocenters. The van der Waals surface area contributed by atoms with Crippen LogP contribution in [-0.4, -0.2) is 35.5 Å². The molecular weight excluding hydrogens is 278 g/mol. The molecule has 0 bridgehead atoms. The predicted molar refractivity (Wildman–Crippen MR) is 86.7 cm³/mol. The van der Waals surface area contributed by atoms with E-state index in [1.54, 1.807) is 12.1 Å². The minimum atomic E-state index is -0.367. The number of hydrogen-bond donors (Lipinski definition) is 0. The molecule has 0 atom stereocenters. The van der Waals surface area contributed by atoms with E-state index in [2.05, 4.69) is 28.7 Å². The van der Waals surface area contributed by atoms with Gasteiger partial charge in [0.05, 0.1) is 30.6 Å². The van der Waals surface area contributed by atoms with Crippen molar-refractivity contribution in [3.8, 4) is 0 Å². The fourth-order valence-electron chi connectivity index (χ4n) is 2.85. The Bertz CT molecular complexity index is 708. The maximum Gasteiger partial charge on any atom is 0.284 e. The topological polar surface area (TPSA) is 49.4 Å². The summed E-state index contributed by atoms with van der Waals surface area (Å²) in [4.78, 5) is 12.7. The monoisotopic (exact) mass is 296 g/mol. The van der Waals surface area contributed by atoms with Gasteiger partial charge in [0, 0.05) is 18.6 Å². The zero-order chi connectivity index (χ0) is 15.5. The number of benzene rings is 2.